The first-order chi connectivity index (χ1) is 22.5. The van der Waals surface area contributed by atoms with Crippen LogP contribution in [0, 0.1) is 13.0 Å². The van der Waals surface area contributed by atoms with E-state index in [9.17, 15) is 9.59 Å². The third-order valence-electron chi connectivity index (χ3n) is 7.21. The molecule has 1 aliphatic heterocycles. The standard InChI is InChI=1S/C39H26NO6.Y/c1-26-15-19-28(20-16-26)43-30-7-4-9-32(23-30)45-34-11-6-12-35(25-34)46-33-10-5-8-31(24-33)44-29-21-17-27(18-22-29)40-38(41)36-13-2-3-14-37(36)39(40)42;/h2,4-25H,1H3;/q-1;. The molecule has 8 heteroatoms. The second kappa shape index (κ2) is 14.0. The van der Waals surface area contributed by atoms with Crippen molar-refractivity contribution in [3.63, 3.8) is 0 Å². The van der Waals surface area contributed by atoms with E-state index in [1.807, 2.05) is 91.9 Å². The SMILES string of the molecule is Cc1ccc(Oc2cccc(Oc3cccc(Oc4cccc(Oc5ccc(N6C(=O)c7c[c-]ccc7C6=O)cc5)c4)c3)c2)cc1.[Y]. The molecule has 7 nitrogen and oxygen atoms in total. The quantitative estimate of drug-likeness (QED) is 0.111. The van der Waals surface area contributed by atoms with E-state index in [0.29, 0.717) is 57.1 Å². The number of ether oxygens (including phenoxy) is 4. The third kappa shape index (κ3) is 7.27. The Hall–Kier alpha value is -5.24. The number of fused-ring (bicyclic) bond motifs is 1. The summed E-state index contributed by atoms with van der Waals surface area (Å²) in [6, 6.07) is 44.3. The maximum absolute atomic E-state index is 12.8. The topological polar surface area (TPSA) is 74.3 Å². The molecule has 0 saturated heterocycles. The van der Waals surface area contributed by atoms with Gasteiger partial charge in [0.25, 0.3) is 0 Å². The van der Waals surface area contributed by atoms with Gasteiger partial charge in [0.2, 0.25) is 11.8 Å². The van der Waals surface area contributed by atoms with E-state index in [2.05, 4.69) is 6.07 Å². The first-order valence-electron chi connectivity index (χ1n) is 14.6. The van der Waals surface area contributed by atoms with Gasteiger partial charge in [-0.15, -0.1) is 0 Å². The van der Waals surface area contributed by atoms with Crippen molar-refractivity contribution in [3.8, 4) is 46.0 Å². The Morgan fingerprint density at radius 2 is 0.894 bits per heavy atom. The first-order valence-corrected chi connectivity index (χ1v) is 14.6. The Morgan fingerprint density at radius 1 is 0.489 bits per heavy atom. The maximum atomic E-state index is 12.8. The van der Waals surface area contributed by atoms with Crippen LogP contribution in [0.15, 0.2) is 140 Å². The first kappa shape index (κ1) is 31.7. The minimum absolute atomic E-state index is 0. The zero-order valence-electron chi connectivity index (χ0n) is 25.3. The Morgan fingerprint density at radius 3 is 1.34 bits per heavy atom. The van der Waals surface area contributed by atoms with Crippen LogP contribution in [-0.2, 0) is 32.7 Å². The molecule has 2 amide bonds. The molecule has 1 aliphatic rings. The number of amides is 2. The van der Waals surface area contributed by atoms with Gasteiger partial charge in [-0.05, 0) is 79.7 Å². The summed E-state index contributed by atoms with van der Waals surface area (Å²) in [4.78, 5) is 26.8. The van der Waals surface area contributed by atoms with Gasteiger partial charge in [0.15, 0.2) is 0 Å². The van der Waals surface area contributed by atoms with Gasteiger partial charge in [0.1, 0.15) is 46.0 Å². The smallest absolute Gasteiger partial charge is 0.240 e. The summed E-state index contributed by atoms with van der Waals surface area (Å²) in [5.41, 5.74) is 2.34. The van der Waals surface area contributed by atoms with Crippen LogP contribution < -0.4 is 23.8 Å². The molecule has 0 spiro atoms. The second-order valence-electron chi connectivity index (χ2n) is 10.6. The normalized spacial score (nSPS) is 11.8. The van der Waals surface area contributed by atoms with E-state index >= 15 is 0 Å². The van der Waals surface area contributed by atoms with Crippen molar-refractivity contribution in [3.05, 3.63) is 162 Å². The van der Waals surface area contributed by atoms with Gasteiger partial charge in [-0.3, -0.25) is 14.5 Å². The molecule has 0 saturated carbocycles. The Balaban J connectivity index is 0.00000386. The van der Waals surface area contributed by atoms with E-state index in [1.54, 1.807) is 48.5 Å². The van der Waals surface area contributed by atoms with Gasteiger partial charge >= 0.3 is 0 Å². The molecule has 1 radical (unpaired) electrons. The van der Waals surface area contributed by atoms with E-state index in [4.69, 9.17) is 18.9 Å². The third-order valence-corrected chi connectivity index (χ3v) is 7.21. The molecule has 227 valence electrons. The number of hydrogen-bond acceptors (Lipinski definition) is 6. The number of carbonyl (C=O) groups excluding carboxylic acids is 2. The zero-order valence-corrected chi connectivity index (χ0v) is 28.1. The zero-order chi connectivity index (χ0) is 31.5. The number of aryl methyl sites for hydroxylation is 1. The van der Waals surface area contributed by atoms with Crippen LogP contribution in [0.1, 0.15) is 26.3 Å². The summed E-state index contributed by atoms with van der Waals surface area (Å²) in [5, 5.41) is 0. The van der Waals surface area contributed by atoms with Crippen molar-refractivity contribution in [2.75, 3.05) is 4.90 Å². The van der Waals surface area contributed by atoms with Crippen molar-refractivity contribution < 1.29 is 61.2 Å². The molecule has 0 aliphatic carbocycles. The Labute approximate surface area is 297 Å². The summed E-state index contributed by atoms with van der Waals surface area (Å²) in [6.45, 7) is 2.03. The molecule has 47 heavy (non-hydrogen) atoms. The van der Waals surface area contributed by atoms with Crippen molar-refractivity contribution in [1.82, 2.24) is 0 Å². The van der Waals surface area contributed by atoms with Gasteiger partial charge in [-0.25, -0.2) is 0 Å². The fourth-order valence-corrected chi connectivity index (χ4v) is 4.98. The van der Waals surface area contributed by atoms with E-state index in [0.717, 1.165) is 10.6 Å². The van der Waals surface area contributed by atoms with Crippen molar-refractivity contribution >= 4 is 17.5 Å². The minimum Gasteiger partial charge on any atom is -0.457 e. The average molecular weight is 694 g/mol. The van der Waals surface area contributed by atoms with Gasteiger partial charge in [-0.1, -0.05) is 47.0 Å². The van der Waals surface area contributed by atoms with Crippen LogP contribution >= 0.6 is 0 Å². The van der Waals surface area contributed by atoms with Crippen LogP contribution in [-0.4, -0.2) is 11.8 Å². The number of hydrogen-bond donors (Lipinski definition) is 0. The predicted molar refractivity (Wildman–Crippen MR) is 174 cm³/mol. The molecule has 1 heterocycles. The van der Waals surface area contributed by atoms with Crippen molar-refractivity contribution in [2.24, 2.45) is 0 Å². The predicted octanol–water partition coefficient (Wildman–Crippen LogP) is 9.76. The molecule has 6 aromatic carbocycles. The van der Waals surface area contributed by atoms with Gasteiger partial charge < -0.3 is 18.9 Å². The molecule has 6 aromatic rings. The number of anilines is 1. The summed E-state index contributed by atoms with van der Waals surface area (Å²) in [6.07, 6.45) is 0. The summed E-state index contributed by atoms with van der Waals surface area (Å²) < 4.78 is 24.2. The van der Waals surface area contributed by atoms with E-state index in [1.165, 1.54) is 11.6 Å². The van der Waals surface area contributed by atoms with Crippen molar-refractivity contribution in [2.45, 2.75) is 6.92 Å². The molecular weight excluding hydrogens is 667 g/mol. The second-order valence-corrected chi connectivity index (χ2v) is 10.6. The van der Waals surface area contributed by atoms with E-state index in [-0.39, 0.29) is 44.5 Å². The Kier molecular flexibility index (Phi) is 9.48. The van der Waals surface area contributed by atoms with Crippen LogP contribution in [0.5, 0.6) is 46.0 Å². The summed E-state index contributed by atoms with van der Waals surface area (Å²) in [7, 11) is 0. The molecule has 0 bridgehead atoms. The number of nitrogens with zero attached hydrogens (tertiary/aromatic N) is 1. The molecule has 0 fully saturated rings. The van der Waals surface area contributed by atoms with Crippen LogP contribution in [0.25, 0.3) is 0 Å². The average Bonchev–Trinajstić information content (AvgIpc) is 3.32. The number of carbonyl (C=O) groups is 2. The summed E-state index contributed by atoms with van der Waals surface area (Å²) in [5.74, 6) is 4.18. The molecular formula is C39H26NO6Y-. The largest absolute Gasteiger partial charge is 0.457 e. The number of rotatable bonds is 9. The fourth-order valence-electron chi connectivity index (χ4n) is 4.98. The molecule has 0 atom stereocenters. The number of benzene rings is 6. The van der Waals surface area contributed by atoms with Crippen LogP contribution in [0.3, 0.4) is 0 Å². The Bertz CT molecular complexity index is 2030. The maximum Gasteiger partial charge on any atom is 0.240 e. The molecule has 0 aromatic heterocycles. The van der Waals surface area contributed by atoms with Gasteiger partial charge in [-0.2, -0.15) is 24.3 Å². The molecule has 0 unspecified atom stereocenters. The van der Waals surface area contributed by atoms with Gasteiger partial charge in [0.05, 0.1) is 5.69 Å². The summed E-state index contributed by atoms with van der Waals surface area (Å²) >= 11 is 0. The van der Waals surface area contributed by atoms with Crippen LogP contribution in [0.2, 0.25) is 0 Å². The minimum atomic E-state index is -0.370. The fraction of sp³-hybridized carbons (Fsp3) is 0.0256. The van der Waals surface area contributed by atoms with Crippen molar-refractivity contribution in [1.29, 1.82) is 0 Å². The molecule has 0 N–H and O–H groups in total. The van der Waals surface area contributed by atoms with E-state index < -0.39 is 0 Å². The van der Waals surface area contributed by atoms with Gasteiger partial charge in [0, 0.05) is 50.9 Å². The number of imide groups is 1. The monoisotopic (exact) mass is 693 g/mol. The molecule has 7 rings (SSSR count). The van der Waals surface area contributed by atoms with Crippen LogP contribution in [0.4, 0.5) is 5.69 Å².